The molecule has 1 saturated heterocycles. The van der Waals surface area contributed by atoms with E-state index >= 15 is 0 Å². The Morgan fingerprint density at radius 1 is 1.03 bits per heavy atom. The van der Waals surface area contributed by atoms with Crippen LogP contribution in [0.2, 0.25) is 0 Å². The van der Waals surface area contributed by atoms with E-state index in [1.165, 1.54) is 24.3 Å². The summed E-state index contributed by atoms with van der Waals surface area (Å²) in [5.74, 6) is -0.704. The number of hydrogen-bond donors (Lipinski definition) is 1. The molecule has 1 fully saturated rings. The molecule has 6 rings (SSSR count). The topological polar surface area (TPSA) is 99.5 Å². The van der Waals surface area contributed by atoms with Crippen molar-refractivity contribution >= 4 is 28.4 Å². The van der Waals surface area contributed by atoms with Crippen LogP contribution in [0.3, 0.4) is 0 Å². The number of amides is 2. The van der Waals surface area contributed by atoms with E-state index in [0.717, 1.165) is 27.7 Å². The maximum atomic E-state index is 13.8. The molecule has 186 valence electrons. The summed E-state index contributed by atoms with van der Waals surface area (Å²) in [6, 6.07) is 18.7. The first-order valence-corrected chi connectivity index (χ1v) is 12.1. The first-order valence-electron chi connectivity index (χ1n) is 12.1. The Labute approximate surface area is 211 Å². The van der Waals surface area contributed by atoms with E-state index in [0.29, 0.717) is 24.9 Å². The van der Waals surface area contributed by atoms with Crippen LogP contribution in [-0.2, 0) is 22.4 Å². The molecule has 2 amide bonds. The molecule has 2 aliphatic rings. The molecular weight excluding hydrogens is 475 g/mol. The number of non-ortho nitro benzene ring substituents is 1. The van der Waals surface area contributed by atoms with Gasteiger partial charge in [-0.2, -0.15) is 0 Å². The Kier molecular flexibility index (Phi) is 5.48. The summed E-state index contributed by atoms with van der Waals surface area (Å²) in [5, 5.41) is 12.5. The van der Waals surface area contributed by atoms with Crippen molar-refractivity contribution in [1.29, 1.82) is 0 Å². The molecule has 37 heavy (non-hydrogen) atoms. The van der Waals surface area contributed by atoms with Crippen molar-refractivity contribution < 1.29 is 18.9 Å². The third-order valence-electron chi connectivity index (χ3n) is 7.32. The van der Waals surface area contributed by atoms with Gasteiger partial charge in [-0.1, -0.05) is 42.5 Å². The van der Waals surface area contributed by atoms with Crippen LogP contribution in [0, 0.1) is 15.9 Å². The fraction of sp³-hybridized carbons (Fsp3) is 0.214. The highest BCUT2D eigenvalue weighted by Gasteiger charge is 2.48. The minimum Gasteiger partial charge on any atom is -0.356 e. The zero-order chi connectivity index (χ0) is 25.7. The highest BCUT2D eigenvalue weighted by Crippen LogP contribution is 2.43. The van der Waals surface area contributed by atoms with E-state index in [-0.39, 0.29) is 29.9 Å². The fourth-order valence-corrected chi connectivity index (χ4v) is 5.58. The number of piperazine rings is 1. The van der Waals surface area contributed by atoms with Crippen LogP contribution in [0.25, 0.3) is 10.9 Å². The number of aromatic nitrogens is 1. The molecule has 0 unspecified atom stereocenters. The lowest BCUT2D eigenvalue weighted by Gasteiger charge is -2.47. The number of hydrogen-bond acceptors (Lipinski definition) is 4. The number of benzene rings is 3. The number of para-hydroxylation sites is 1. The van der Waals surface area contributed by atoms with Crippen molar-refractivity contribution in [1.82, 2.24) is 14.8 Å². The average Bonchev–Trinajstić information content (AvgIpc) is 3.28. The molecule has 2 atom stereocenters. The smallest absolute Gasteiger partial charge is 0.269 e. The summed E-state index contributed by atoms with van der Waals surface area (Å²) in [5.41, 5.74) is 3.98. The predicted molar refractivity (Wildman–Crippen MR) is 134 cm³/mol. The molecule has 0 bridgehead atoms. The third kappa shape index (κ3) is 3.92. The second kappa shape index (κ2) is 8.85. The van der Waals surface area contributed by atoms with Crippen LogP contribution in [-0.4, -0.2) is 50.7 Å². The molecule has 0 radical (unpaired) electrons. The Morgan fingerprint density at radius 3 is 2.59 bits per heavy atom. The Balaban J connectivity index is 1.40. The van der Waals surface area contributed by atoms with Crippen molar-refractivity contribution in [2.75, 3.05) is 13.1 Å². The highest BCUT2D eigenvalue weighted by atomic mass is 19.1. The van der Waals surface area contributed by atoms with Gasteiger partial charge in [-0.05, 0) is 41.3 Å². The number of rotatable bonds is 5. The normalized spacial score (nSPS) is 19.2. The van der Waals surface area contributed by atoms with Gasteiger partial charge < -0.3 is 14.8 Å². The Bertz CT molecular complexity index is 1550. The molecule has 9 heteroatoms. The summed E-state index contributed by atoms with van der Waals surface area (Å²) in [4.78, 5) is 45.0. The van der Waals surface area contributed by atoms with Crippen LogP contribution in [0.4, 0.5) is 10.1 Å². The number of carbonyl (C=O) groups excluding carboxylic acids is 2. The lowest BCUT2D eigenvalue weighted by Crippen LogP contribution is -2.63. The highest BCUT2D eigenvalue weighted by molar-refractivity contribution is 5.97. The van der Waals surface area contributed by atoms with Crippen LogP contribution in [0.1, 0.15) is 28.4 Å². The molecule has 3 aromatic carbocycles. The number of carbonyl (C=O) groups is 2. The summed E-state index contributed by atoms with van der Waals surface area (Å²) in [6.45, 7) is 0.250. The third-order valence-corrected chi connectivity index (χ3v) is 7.32. The van der Waals surface area contributed by atoms with E-state index < -0.39 is 17.0 Å². The second-order valence-corrected chi connectivity index (χ2v) is 9.47. The molecule has 8 nitrogen and oxygen atoms in total. The second-order valence-electron chi connectivity index (χ2n) is 9.47. The van der Waals surface area contributed by atoms with Crippen molar-refractivity contribution in [3.8, 4) is 0 Å². The molecule has 0 spiro atoms. The van der Waals surface area contributed by atoms with Gasteiger partial charge in [0.05, 0.1) is 17.5 Å². The molecule has 0 saturated carbocycles. The van der Waals surface area contributed by atoms with E-state index in [4.69, 9.17) is 0 Å². The molecule has 1 N–H and O–H groups in total. The van der Waals surface area contributed by atoms with E-state index in [9.17, 15) is 24.1 Å². The van der Waals surface area contributed by atoms with Crippen LogP contribution in [0.5, 0.6) is 0 Å². The van der Waals surface area contributed by atoms with Crippen molar-refractivity contribution in [2.45, 2.75) is 24.9 Å². The largest absolute Gasteiger partial charge is 0.356 e. The Morgan fingerprint density at radius 2 is 1.81 bits per heavy atom. The van der Waals surface area contributed by atoms with Gasteiger partial charge in [0.2, 0.25) is 11.8 Å². The van der Waals surface area contributed by atoms with Crippen molar-refractivity contribution in [3.63, 3.8) is 0 Å². The average molecular weight is 499 g/mol. The van der Waals surface area contributed by atoms with Crippen LogP contribution in [0.15, 0.2) is 72.8 Å². The SMILES string of the molecule is O=C1[C@@H]2Cc3c([nH]c4ccccc34)[C@@H](c3cccc([N+](=O)[O-])c3)N2C(=O)CN1CCc1ccc(F)cc1. The van der Waals surface area contributed by atoms with Crippen molar-refractivity contribution in [2.24, 2.45) is 0 Å². The summed E-state index contributed by atoms with van der Waals surface area (Å²) < 4.78 is 13.3. The van der Waals surface area contributed by atoms with Crippen molar-refractivity contribution in [3.05, 3.63) is 111 Å². The van der Waals surface area contributed by atoms with Crippen LogP contribution < -0.4 is 0 Å². The number of aromatic amines is 1. The fourth-order valence-electron chi connectivity index (χ4n) is 5.58. The first-order chi connectivity index (χ1) is 17.9. The monoisotopic (exact) mass is 498 g/mol. The number of halogens is 1. The number of nitrogens with one attached hydrogen (secondary N) is 1. The maximum Gasteiger partial charge on any atom is 0.269 e. The van der Waals surface area contributed by atoms with E-state index in [1.54, 1.807) is 34.1 Å². The zero-order valence-corrected chi connectivity index (χ0v) is 19.8. The number of nitro benzene ring substituents is 1. The summed E-state index contributed by atoms with van der Waals surface area (Å²) in [6.07, 6.45) is 0.848. The minimum atomic E-state index is -0.731. The van der Waals surface area contributed by atoms with Gasteiger partial charge in [-0.25, -0.2) is 4.39 Å². The molecule has 2 aliphatic heterocycles. The molecule has 1 aromatic heterocycles. The van der Waals surface area contributed by atoms with Gasteiger partial charge in [0.15, 0.2) is 0 Å². The summed E-state index contributed by atoms with van der Waals surface area (Å²) in [7, 11) is 0. The van der Waals surface area contributed by atoms with Gasteiger partial charge in [0.25, 0.3) is 5.69 Å². The van der Waals surface area contributed by atoms with Gasteiger partial charge >= 0.3 is 0 Å². The standard InChI is InChI=1S/C28H23FN4O4/c29-19-10-8-17(9-11-19)12-13-31-16-25(34)32-24(28(31)35)15-22-21-6-1-2-7-23(21)30-26(22)27(32)18-4-3-5-20(14-18)33(36)37/h1-11,14,24,27,30H,12-13,15-16H2/t24-,27+/m0/s1. The Hall–Kier alpha value is -4.53. The van der Waals surface area contributed by atoms with Gasteiger partial charge in [-0.3, -0.25) is 19.7 Å². The molecule has 3 heterocycles. The molecule has 0 aliphatic carbocycles. The van der Waals surface area contributed by atoms with E-state index in [2.05, 4.69) is 4.98 Å². The lowest BCUT2D eigenvalue weighted by atomic mass is 9.86. The van der Waals surface area contributed by atoms with Gasteiger partial charge in [0.1, 0.15) is 11.9 Å². The number of fused-ring (bicyclic) bond motifs is 4. The lowest BCUT2D eigenvalue weighted by molar-refractivity contribution is -0.384. The first kappa shape index (κ1) is 22.9. The minimum absolute atomic E-state index is 0.0750. The number of H-pyrrole nitrogens is 1. The van der Waals surface area contributed by atoms with E-state index in [1.807, 2.05) is 24.3 Å². The summed E-state index contributed by atoms with van der Waals surface area (Å²) >= 11 is 0. The molecular formula is C28H23FN4O4. The van der Waals surface area contributed by atoms with Gasteiger partial charge in [0, 0.05) is 41.7 Å². The quantitative estimate of drug-likeness (QED) is 0.330. The molecule has 4 aromatic rings. The maximum absolute atomic E-state index is 13.8. The zero-order valence-electron chi connectivity index (χ0n) is 19.8. The van der Waals surface area contributed by atoms with Gasteiger partial charge in [-0.15, -0.1) is 0 Å². The number of nitrogens with zero attached hydrogens (tertiary/aromatic N) is 3. The number of nitro groups is 1. The predicted octanol–water partition coefficient (Wildman–Crippen LogP) is 4.14. The van der Waals surface area contributed by atoms with Crippen LogP contribution >= 0.6 is 0 Å².